The zero-order chi connectivity index (χ0) is 22.8. The molecule has 0 aromatic heterocycles. The van der Waals surface area contributed by atoms with Crippen molar-refractivity contribution in [2.75, 3.05) is 13.1 Å². The maximum atomic E-state index is 13.5. The predicted molar refractivity (Wildman–Crippen MR) is 117 cm³/mol. The average molecular weight is 430 g/mol. The van der Waals surface area contributed by atoms with Crippen LogP contribution in [0.3, 0.4) is 0 Å². The molecule has 2 rings (SSSR count). The first-order chi connectivity index (χ1) is 14.8. The first kappa shape index (κ1) is 24.2. The molecule has 1 heterocycles. The number of allylic oxidation sites excluding steroid dienone is 1. The number of alkyl halides is 2. The molecule has 31 heavy (non-hydrogen) atoms. The molecule has 0 aliphatic carbocycles. The van der Waals surface area contributed by atoms with E-state index in [0.29, 0.717) is 30.5 Å². The fraction of sp³-hybridized carbons (Fsp3) is 0.435. The standard InChI is InChI=1S/C23H29F2N5O/c1-4-30(20-8-6-18(14-26)15-29-20)12-11-27-21(31)9-10-28-22(23(24)25)19-7-5-16(2)17(3)13-19/h5,7,11-13,15,22-23,28H,4,6,8-10H2,1-3H3,(H,27,31)/b12-11+. The molecule has 8 heteroatoms. The van der Waals surface area contributed by atoms with Gasteiger partial charge in [-0.3, -0.25) is 4.79 Å². The number of aliphatic imine (C=N–C) groups is 1. The summed E-state index contributed by atoms with van der Waals surface area (Å²) < 4.78 is 27.0. The minimum absolute atomic E-state index is 0.0692. The van der Waals surface area contributed by atoms with Crippen LogP contribution in [0.4, 0.5) is 8.78 Å². The summed E-state index contributed by atoms with van der Waals surface area (Å²) in [6.07, 6.45) is 3.59. The minimum Gasteiger partial charge on any atom is -0.335 e. The molecule has 166 valence electrons. The lowest BCUT2D eigenvalue weighted by molar-refractivity contribution is -0.120. The normalized spacial score (nSPS) is 14.7. The summed E-state index contributed by atoms with van der Waals surface area (Å²) in [5.41, 5.74) is 3.16. The van der Waals surface area contributed by atoms with E-state index < -0.39 is 12.5 Å². The highest BCUT2D eigenvalue weighted by Crippen LogP contribution is 2.23. The van der Waals surface area contributed by atoms with Crippen LogP contribution < -0.4 is 10.6 Å². The molecule has 1 aliphatic heterocycles. The molecular weight excluding hydrogens is 400 g/mol. The molecular formula is C23H29F2N5O. The smallest absolute Gasteiger partial charge is 0.257 e. The molecule has 0 saturated carbocycles. The fourth-order valence-electron chi connectivity index (χ4n) is 3.15. The van der Waals surface area contributed by atoms with Gasteiger partial charge in [-0.2, -0.15) is 5.26 Å². The average Bonchev–Trinajstić information content (AvgIpc) is 2.76. The number of nitriles is 1. The van der Waals surface area contributed by atoms with Crippen LogP contribution in [0, 0.1) is 25.2 Å². The molecule has 1 amide bonds. The Kier molecular flexibility index (Phi) is 9.35. The fourth-order valence-corrected chi connectivity index (χ4v) is 3.15. The van der Waals surface area contributed by atoms with E-state index in [9.17, 15) is 13.6 Å². The van der Waals surface area contributed by atoms with Gasteiger partial charge in [0, 0.05) is 50.1 Å². The van der Waals surface area contributed by atoms with Crippen molar-refractivity contribution in [1.29, 1.82) is 5.26 Å². The monoisotopic (exact) mass is 429 g/mol. The highest BCUT2D eigenvalue weighted by atomic mass is 19.3. The van der Waals surface area contributed by atoms with Gasteiger partial charge in [0.1, 0.15) is 5.84 Å². The maximum Gasteiger partial charge on any atom is 0.257 e. The van der Waals surface area contributed by atoms with Gasteiger partial charge < -0.3 is 15.5 Å². The number of hydrogen-bond donors (Lipinski definition) is 2. The number of aryl methyl sites for hydroxylation is 2. The maximum absolute atomic E-state index is 13.5. The van der Waals surface area contributed by atoms with E-state index in [-0.39, 0.29) is 18.9 Å². The highest BCUT2D eigenvalue weighted by molar-refractivity contribution is 5.85. The topological polar surface area (TPSA) is 80.5 Å². The van der Waals surface area contributed by atoms with Gasteiger partial charge in [-0.1, -0.05) is 18.2 Å². The lowest BCUT2D eigenvalue weighted by Crippen LogP contribution is -2.31. The zero-order valence-corrected chi connectivity index (χ0v) is 18.2. The zero-order valence-electron chi connectivity index (χ0n) is 18.2. The van der Waals surface area contributed by atoms with Crippen molar-refractivity contribution in [2.45, 2.75) is 52.5 Å². The Balaban J connectivity index is 1.83. The Bertz CT molecular complexity index is 902. The Morgan fingerprint density at radius 2 is 2.10 bits per heavy atom. The van der Waals surface area contributed by atoms with Crippen LogP contribution in [-0.4, -0.2) is 36.2 Å². The van der Waals surface area contributed by atoms with Crippen molar-refractivity contribution < 1.29 is 13.6 Å². The third kappa shape index (κ3) is 7.30. The number of hydrogen-bond acceptors (Lipinski definition) is 5. The summed E-state index contributed by atoms with van der Waals surface area (Å²) in [5, 5.41) is 14.3. The number of carbonyl (C=O) groups is 1. The van der Waals surface area contributed by atoms with Crippen LogP contribution >= 0.6 is 0 Å². The second-order valence-electron chi connectivity index (χ2n) is 7.34. The van der Waals surface area contributed by atoms with Crippen LogP contribution in [0.25, 0.3) is 0 Å². The molecule has 1 aliphatic rings. The molecule has 2 N–H and O–H groups in total. The van der Waals surface area contributed by atoms with Crippen LogP contribution in [0.1, 0.15) is 48.9 Å². The van der Waals surface area contributed by atoms with E-state index in [1.54, 1.807) is 24.5 Å². The van der Waals surface area contributed by atoms with E-state index in [4.69, 9.17) is 5.26 Å². The predicted octanol–water partition coefficient (Wildman–Crippen LogP) is 4.10. The molecule has 1 aromatic carbocycles. The Hall–Kier alpha value is -3.05. The number of benzene rings is 1. The number of nitrogens with zero attached hydrogens (tertiary/aromatic N) is 3. The quantitative estimate of drug-likeness (QED) is 0.619. The van der Waals surface area contributed by atoms with E-state index in [0.717, 1.165) is 17.0 Å². The summed E-state index contributed by atoms with van der Waals surface area (Å²) in [7, 11) is 0. The van der Waals surface area contributed by atoms with E-state index in [2.05, 4.69) is 21.7 Å². The van der Waals surface area contributed by atoms with Crippen molar-refractivity contribution in [2.24, 2.45) is 4.99 Å². The summed E-state index contributed by atoms with van der Waals surface area (Å²) in [4.78, 5) is 18.2. The third-order valence-corrected chi connectivity index (χ3v) is 5.16. The van der Waals surface area contributed by atoms with Crippen LogP contribution in [-0.2, 0) is 4.79 Å². The van der Waals surface area contributed by atoms with Gasteiger partial charge in [-0.05, 0) is 43.9 Å². The first-order valence-corrected chi connectivity index (χ1v) is 10.3. The van der Waals surface area contributed by atoms with Crippen LogP contribution in [0.15, 0.2) is 47.4 Å². The van der Waals surface area contributed by atoms with Gasteiger partial charge in [-0.15, -0.1) is 0 Å². The summed E-state index contributed by atoms with van der Waals surface area (Å²) in [6, 6.07) is 6.25. The largest absolute Gasteiger partial charge is 0.335 e. The Morgan fingerprint density at radius 3 is 2.68 bits per heavy atom. The molecule has 0 bridgehead atoms. The number of nitrogens with one attached hydrogen (secondary N) is 2. The van der Waals surface area contributed by atoms with Gasteiger partial charge >= 0.3 is 0 Å². The second kappa shape index (κ2) is 12.0. The number of rotatable bonds is 9. The van der Waals surface area contributed by atoms with E-state index >= 15 is 0 Å². The second-order valence-corrected chi connectivity index (χ2v) is 7.34. The molecule has 1 aromatic rings. The molecule has 1 atom stereocenters. The van der Waals surface area contributed by atoms with Crippen molar-refractivity contribution in [3.8, 4) is 6.07 Å². The lowest BCUT2D eigenvalue weighted by atomic mass is 10.0. The number of amides is 1. The first-order valence-electron chi connectivity index (χ1n) is 10.3. The summed E-state index contributed by atoms with van der Waals surface area (Å²) >= 11 is 0. The molecule has 1 unspecified atom stereocenters. The van der Waals surface area contributed by atoms with Gasteiger partial charge in [-0.25, -0.2) is 13.8 Å². The summed E-state index contributed by atoms with van der Waals surface area (Å²) in [5.74, 6) is 0.548. The molecule has 6 nitrogen and oxygen atoms in total. The van der Waals surface area contributed by atoms with Gasteiger partial charge in [0.15, 0.2) is 0 Å². The minimum atomic E-state index is -2.57. The molecule has 0 spiro atoms. The van der Waals surface area contributed by atoms with Gasteiger partial charge in [0.2, 0.25) is 5.91 Å². The molecule has 0 saturated heterocycles. The highest BCUT2D eigenvalue weighted by Gasteiger charge is 2.22. The number of halogens is 2. The number of carbonyl (C=O) groups excluding carboxylic acids is 1. The van der Waals surface area contributed by atoms with Crippen molar-refractivity contribution in [3.63, 3.8) is 0 Å². The Morgan fingerprint density at radius 1 is 1.32 bits per heavy atom. The van der Waals surface area contributed by atoms with Gasteiger partial charge in [0.05, 0.1) is 12.1 Å². The van der Waals surface area contributed by atoms with E-state index in [1.807, 2.05) is 31.7 Å². The lowest BCUT2D eigenvalue weighted by Gasteiger charge is -2.22. The third-order valence-electron chi connectivity index (χ3n) is 5.16. The van der Waals surface area contributed by atoms with Crippen molar-refractivity contribution >= 4 is 11.7 Å². The van der Waals surface area contributed by atoms with Crippen molar-refractivity contribution in [3.05, 3.63) is 59.1 Å². The van der Waals surface area contributed by atoms with E-state index in [1.165, 1.54) is 6.20 Å². The Labute approximate surface area is 182 Å². The molecule has 0 radical (unpaired) electrons. The molecule has 0 fully saturated rings. The van der Waals surface area contributed by atoms with Crippen LogP contribution in [0.2, 0.25) is 0 Å². The van der Waals surface area contributed by atoms with Crippen LogP contribution in [0.5, 0.6) is 0 Å². The SMILES string of the molecule is CCN(/C=C/NC(=O)CCNC(c1ccc(C)c(C)c1)C(F)F)C1=NC=C(C#N)CC1. The van der Waals surface area contributed by atoms with Gasteiger partial charge in [0.25, 0.3) is 6.43 Å². The van der Waals surface area contributed by atoms with Crippen molar-refractivity contribution in [1.82, 2.24) is 15.5 Å². The summed E-state index contributed by atoms with van der Waals surface area (Å²) in [6.45, 7) is 6.57. The number of amidine groups is 1.